The van der Waals surface area contributed by atoms with Crippen LogP contribution in [0.15, 0.2) is 0 Å². The van der Waals surface area contributed by atoms with Gasteiger partial charge in [-0.2, -0.15) is 0 Å². The van der Waals surface area contributed by atoms with Gasteiger partial charge in [0.25, 0.3) is 0 Å². The molecule has 0 radical (unpaired) electrons. The second-order valence-electron chi connectivity index (χ2n) is 7.64. The second-order valence-corrected chi connectivity index (χ2v) is 7.64. The zero-order valence-corrected chi connectivity index (χ0v) is 13.7. The maximum atomic E-state index is 12.2. The van der Waals surface area contributed by atoms with E-state index in [1.165, 1.54) is 58.4 Å². The molecule has 3 fully saturated rings. The lowest BCUT2D eigenvalue weighted by Gasteiger charge is -2.38. The maximum Gasteiger partial charge on any atom is 0.137 e. The fraction of sp³-hybridized carbons (Fsp3) is 0.944. The molecular formula is C18H32N2O. The minimum Gasteiger partial charge on any atom is -0.301 e. The molecular weight excluding hydrogens is 260 g/mol. The number of carbonyl (C=O) groups is 1. The van der Waals surface area contributed by atoms with Crippen molar-refractivity contribution in [2.24, 2.45) is 17.8 Å². The van der Waals surface area contributed by atoms with E-state index >= 15 is 0 Å². The van der Waals surface area contributed by atoms with Crippen LogP contribution < -0.4 is 0 Å². The molecule has 2 unspecified atom stereocenters. The minimum atomic E-state index is 0.338. The van der Waals surface area contributed by atoms with Crippen molar-refractivity contribution in [2.75, 3.05) is 39.3 Å². The molecule has 1 aliphatic heterocycles. The molecule has 0 bridgehead atoms. The molecule has 2 atom stereocenters. The van der Waals surface area contributed by atoms with Gasteiger partial charge in [0.15, 0.2) is 0 Å². The number of hydrogen-bond acceptors (Lipinski definition) is 3. The molecule has 1 saturated heterocycles. The number of ketones is 1. The molecule has 2 aliphatic carbocycles. The van der Waals surface area contributed by atoms with Gasteiger partial charge in [0.2, 0.25) is 0 Å². The first-order chi connectivity index (χ1) is 10.2. The van der Waals surface area contributed by atoms with E-state index in [9.17, 15) is 4.79 Å². The van der Waals surface area contributed by atoms with Gasteiger partial charge in [-0.15, -0.1) is 0 Å². The lowest BCUT2D eigenvalue weighted by Crippen LogP contribution is -2.49. The predicted octanol–water partition coefficient (Wildman–Crippen LogP) is 2.80. The van der Waals surface area contributed by atoms with Crippen molar-refractivity contribution in [3.8, 4) is 0 Å². The number of carbonyl (C=O) groups excluding carboxylic acids is 1. The molecule has 0 N–H and O–H groups in total. The highest BCUT2D eigenvalue weighted by Gasteiger charge is 2.31. The summed E-state index contributed by atoms with van der Waals surface area (Å²) in [6, 6.07) is 0. The monoisotopic (exact) mass is 292 g/mol. The minimum absolute atomic E-state index is 0.338. The average molecular weight is 292 g/mol. The van der Waals surface area contributed by atoms with Gasteiger partial charge < -0.3 is 9.80 Å². The standard InChI is InChI=1S/C18H32N2O/c1-2-3-15-6-7-18(21)17(12-15)14-20-10-8-19(9-11-20)13-16-4-5-16/h15-17H,2-14H2,1H3. The summed E-state index contributed by atoms with van der Waals surface area (Å²) in [6.45, 7) is 9.42. The first-order valence-corrected chi connectivity index (χ1v) is 9.22. The van der Waals surface area contributed by atoms with Crippen LogP contribution in [0, 0.1) is 17.8 Å². The summed E-state index contributed by atoms with van der Waals surface area (Å²) in [5, 5.41) is 0. The first-order valence-electron chi connectivity index (χ1n) is 9.22. The van der Waals surface area contributed by atoms with Crippen molar-refractivity contribution in [3.63, 3.8) is 0 Å². The first kappa shape index (κ1) is 15.5. The topological polar surface area (TPSA) is 23.6 Å². The van der Waals surface area contributed by atoms with Crippen LogP contribution in [0.3, 0.4) is 0 Å². The lowest BCUT2D eigenvalue weighted by molar-refractivity contribution is -0.126. The molecule has 0 spiro atoms. The highest BCUT2D eigenvalue weighted by Crippen LogP contribution is 2.31. The normalized spacial score (nSPS) is 32.5. The third kappa shape index (κ3) is 4.53. The molecule has 3 heteroatoms. The molecule has 0 aromatic heterocycles. The Bertz CT molecular complexity index is 345. The average Bonchev–Trinajstić information content (AvgIpc) is 3.29. The second kappa shape index (κ2) is 7.23. The van der Waals surface area contributed by atoms with E-state index in [1.54, 1.807) is 0 Å². The van der Waals surface area contributed by atoms with E-state index in [4.69, 9.17) is 0 Å². The van der Waals surface area contributed by atoms with Crippen LogP contribution in [-0.2, 0) is 4.79 Å². The summed E-state index contributed by atoms with van der Waals surface area (Å²) in [7, 11) is 0. The molecule has 0 aromatic carbocycles. The predicted molar refractivity (Wildman–Crippen MR) is 86.4 cm³/mol. The van der Waals surface area contributed by atoms with Crippen LogP contribution in [0.25, 0.3) is 0 Å². The van der Waals surface area contributed by atoms with Crippen molar-refractivity contribution in [3.05, 3.63) is 0 Å². The molecule has 3 rings (SSSR count). The van der Waals surface area contributed by atoms with E-state index < -0.39 is 0 Å². The largest absolute Gasteiger partial charge is 0.301 e. The molecule has 0 aromatic rings. The Labute approximate surface area is 130 Å². The SMILES string of the molecule is CCCC1CCC(=O)C(CN2CCN(CC3CC3)CC2)C1. The number of Topliss-reactive ketones (excluding diaryl/α,β-unsaturated/α-hetero) is 1. The Balaban J connectivity index is 1.41. The van der Waals surface area contributed by atoms with Crippen LogP contribution in [-0.4, -0.2) is 54.9 Å². The molecule has 21 heavy (non-hydrogen) atoms. The van der Waals surface area contributed by atoms with Crippen molar-refractivity contribution in [2.45, 2.75) is 51.9 Å². The fourth-order valence-electron chi connectivity index (χ4n) is 4.18. The van der Waals surface area contributed by atoms with E-state index in [0.717, 1.165) is 37.6 Å². The molecule has 120 valence electrons. The highest BCUT2D eigenvalue weighted by molar-refractivity contribution is 5.81. The van der Waals surface area contributed by atoms with Crippen LogP contribution in [0.4, 0.5) is 0 Å². The number of nitrogens with zero attached hydrogens (tertiary/aromatic N) is 2. The van der Waals surface area contributed by atoms with E-state index in [2.05, 4.69) is 16.7 Å². The van der Waals surface area contributed by atoms with Gasteiger partial charge in [0, 0.05) is 51.6 Å². The summed E-state index contributed by atoms with van der Waals surface area (Å²) < 4.78 is 0. The van der Waals surface area contributed by atoms with E-state index in [1.807, 2.05) is 0 Å². The maximum absolute atomic E-state index is 12.2. The van der Waals surface area contributed by atoms with E-state index in [0.29, 0.717) is 11.7 Å². The Morgan fingerprint density at radius 3 is 2.24 bits per heavy atom. The van der Waals surface area contributed by atoms with Gasteiger partial charge in [-0.05, 0) is 37.5 Å². The van der Waals surface area contributed by atoms with Crippen molar-refractivity contribution < 1.29 is 4.79 Å². The molecule has 3 nitrogen and oxygen atoms in total. The smallest absolute Gasteiger partial charge is 0.137 e. The molecule has 2 saturated carbocycles. The van der Waals surface area contributed by atoms with Gasteiger partial charge in [0.05, 0.1) is 0 Å². The van der Waals surface area contributed by atoms with Crippen molar-refractivity contribution in [1.82, 2.24) is 9.80 Å². The Morgan fingerprint density at radius 2 is 1.62 bits per heavy atom. The molecule has 1 heterocycles. The van der Waals surface area contributed by atoms with Crippen molar-refractivity contribution >= 4 is 5.78 Å². The lowest BCUT2D eigenvalue weighted by atomic mass is 9.78. The summed E-state index contributed by atoms with van der Waals surface area (Å²) in [5.74, 6) is 2.70. The Hall–Kier alpha value is -0.410. The van der Waals surface area contributed by atoms with Crippen LogP contribution in [0.2, 0.25) is 0 Å². The summed E-state index contributed by atoms with van der Waals surface area (Å²) >= 11 is 0. The number of piperazine rings is 1. The number of hydrogen-bond donors (Lipinski definition) is 0. The molecule has 3 aliphatic rings. The third-order valence-electron chi connectivity index (χ3n) is 5.73. The quantitative estimate of drug-likeness (QED) is 0.752. The van der Waals surface area contributed by atoms with Crippen LogP contribution in [0.1, 0.15) is 51.9 Å². The van der Waals surface area contributed by atoms with Gasteiger partial charge in [-0.25, -0.2) is 0 Å². The summed E-state index contributed by atoms with van der Waals surface area (Å²) in [4.78, 5) is 17.4. The Kier molecular flexibility index (Phi) is 5.33. The fourth-order valence-corrected chi connectivity index (χ4v) is 4.18. The van der Waals surface area contributed by atoms with Crippen LogP contribution >= 0.6 is 0 Å². The summed E-state index contributed by atoms with van der Waals surface area (Å²) in [5.41, 5.74) is 0. The number of rotatable bonds is 6. The van der Waals surface area contributed by atoms with Gasteiger partial charge in [-0.1, -0.05) is 19.8 Å². The molecule has 0 amide bonds. The summed E-state index contributed by atoms with van der Waals surface area (Å²) in [6.07, 6.45) is 8.65. The third-order valence-corrected chi connectivity index (χ3v) is 5.73. The van der Waals surface area contributed by atoms with Gasteiger partial charge in [0.1, 0.15) is 5.78 Å². The highest BCUT2D eigenvalue weighted by atomic mass is 16.1. The van der Waals surface area contributed by atoms with Gasteiger partial charge in [-0.3, -0.25) is 4.79 Å². The zero-order chi connectivity index (χ0) is 14.7. The van der Waals surface area contributed by atoms with Crippen molar-refractivity contribution in [1.29, 1.82) is 0 Å². The van der Waals surface area contributed by atoms with E-state index in [-0.39, 0.29) is 0 Å². The Morgan fingerprint density at radius 1 is 0.952 bits per heavy atom. The zero-order valence-electron chi connectivity index (χ0n) is 13.7. The van der Waals surface area contributed by atoms with Gasteiger partial charge >= 0.3 is 0 Å². The van der Waals surface area contributed by atoms with Crippen LogP contribution in [0.5, 0.6) is 0 Å².